The molecule has 220 valence electrons. The molecule has 6 rings (SSSR count). The third-order valence-corrected chi connectivity index (χ3v) is 10.3. The van der Waals surface area contributed by atoms with Crippen LogP contribution in [0.4, 0.5) is 24.5 Å². The number of anilines is 2. The number of halogens is 5. The van der Waals surface area contributed by atoms with Crippen molar-refractivity contribution in [1.29, 1.82) is 0 Å². The number of rotatable bonds is 5. The van der Waals surface area contributed by atoms with Gasteiger partial charge in [0.1, 0.15) is 11.8 Å². The maximum Gasteiger partial charge on any atom is 0.418 e. The molecule has 2 aliphatic heterocycles. The lowest BCUT2D eigenvalue weighted by atomic mass is 9.83. The van der Waals surface area contributed by atoms with Gasteiger partial charge in [0, 0.05) is 20.8 Å². The number of alkyl halides is 3. The molecule has 4 aromatic rings. The fourth-order valence-corrected chi connectivity index (χ4v) is 8.33. The first-order valence-electron chi connectivity index (χ1n) is 12.7. The van der Waals surface area contributed by atoms with Crippen LogP contribution in [0.15, 0.2) is 82.6 Å². The van der Waals surface area contributed by atoms with Gasteiger partial charge in [-0.05, 0) is 54.1 Å². The Labute approximate surface area is 260 Å². The van der Waals surface area contributed by atoms with Gasteiger partial charge in [0.25, 0.3) is 0 Å². The van der Waals surface area contributed by atoms with Crippen molar-refractivity contribution in [1.82, 2.24) is 4.57 Å². The predicted octanol–water partition coefficient (Wildman–Crippen LogP) is 6.67. The zero-order chi connectivity index (χ0) is 30.6. The number of amides is 3. The summed E-state index contributed by atoms with van der Waals surface area (Å²) >= 11 is 13.9. The number of fused-ring (bicyclic) bond motifs is 2. The first-order valence-corrected chi connectivity index (χ1v) is 15.1. The van der Waals surface area contributed by atoms with Crippen molar-refractivity contribution < 1.29 is 27.6 Å². The van der Waals surface area contributed by atoms with Gasteiger partial charge in [0.05, 0.1) is 27.9 Å². The second-order valence-corrected chi connectivity index (χ2v) is 12.8. The van der Waals surface area contributed by atoms with E-state index in [1.807, 2.05) is 0 Å². The number of para-hydroxylation sites is 1. The molecule has 1 fully saturated rings. The highest BCUT2D eigenvalue weighted by Crippen LogP contribution is 2.54. The van der Waals surface area contributed by atoms with Crippen LogP contribution in [-0.4, -0.2) is 27.5 Å². The summed E-state index contributed by atoms with van der Waals surface area (Å²) in [6, 6.07) is 17.5. The Kier molecular flexibility index (Phi) is 7.66. The molecule has 0 spiro atoms. The predicted molar refractivity (Wildman–Crippen MR) is 159 cm³/mol. The molecule has 0 saturated carbocycles. The highest BCUT2D eigenvalue weighted by atomic mass is 35.5. The van der Waals surface area contributed by atoms with Crippen LogP contribution in [-0.2, 0) is 27.1 Å². The van der Waals surface area contributed by atoms with E-state index in [0.29, 0.717) is 31.2 Å². The molecule has 3 aromatic carbocycles. The minimum Gasteiger partial charge on any atom is -0.324 e. The van der Waals surface area contributed by atoms with E-state index in [4.69, 9.17) is 23.2 Å². The molecule has 2 aliphatic rings. The van der Waals surface area contributed by atoms with Crippen molar-refractivity contribution in [3.63, 3.8) is 0 Å². The Morgan fingerprint density at radius 2 is 1.51 bits per heavy atom. The molecule has 14 heteroatoms. The van der Waals surface area contributed by atoms with Crippen LogP contribution in [0, 0.1) is 5.92 Å². The van der Waals surface area contributed by atoms with E-state index in [1.165, 1.54) is 12.1 Å². The molecule has 7 nitrogen and oxygen atoms in total. The lowest BCUT2D eigenvalue weighted by Crippen LogP contribution is -2.33. The minimum absolute atomic E-state index is 0.301. The van der Waals surface area contributed by atoms with Crippen molar-refractivity contribution >= 4 is 75.4 Å². The fourth-order valence-electron chi connectivity index (χ4n) is 5.30. The second kappa shape index (κ2) is 11.2. The number of thioether (sulfide) groups is 1. The van der Waals surface area contributed by atoms with Crippen LogP contribution in [0.3, 0.4) is 0 Å². The van der Waals surface area contributed by atoms with Crippen LogP contribution in [0.25, 0.3) is 0 Å². The van der Waals surface area contributed by atoms with E-state index in [1.54, 1.807) is 48.5 Å². The summed E-state index contributed by atoms with van der Waals surface area (Å²) in [4.78, 5) is 54.9. The Hall–Kier alpha value is -3.58. The van der Waals surface area contributed by atoms with Gasteiger partial charge < -0.3 is 5.32 Å². The maximum absolute atomic E-state index is 13.9. The van der Waals surface area contributed by atoms with Crippen LogP contribution in [0.2, 0.25) is 10.0 Å². The van der Waals surface area contributed by atoms with Crippen molar-refractivity contribution in [2.45, 2.75) is 28.9 Å². The van der Waals surface area contributed by atoms with Gasteiger partial charge in [-0.25, -0.2) is 4.90 Å². The summed E-state index contributed by atoms with van der Waals surface area (Å²) in [5.74, 6) is -3.41. The number of aromatic nitrogens is 1. The largest absolute Gasteiger partial charge is 0.418 e. The Bertz CT molecular complexity index is 1820. The number of imide groups is 1. The third kappa shape index (κ3) is 5.37. The molecular formula is C29H18Cl2F3N3O4S2. The Balaban J connectivity index is 1.39. The topological polar surface area (TPSA) is 88.5 Å². The van der Waals surface area contributed by atoms with Gasteiger partial charge in [0.15, 0.2) is 0 Å². The van der Waals surface area contributed by atoms with Crippen LogP contribution < -0.4 is 15.1 Å². The van der Waals surface area contributed by atoms with E-state index in [0.717, 1.165) is 44.7 Å². The van der Waals surface area contributed by atoms with Crippen LogP contribution in [0.5, 0.6) is 0 Å². The van der Waals surface area contributed by atoms with E-state index >= 15 is 0 Å². The molecule has 1 aromatic heterocycles. The monoisotopic (exact) mass is 663 g/mol. The number of nitrogens with zero attached hydrogens (tertiary/aromatic N) is 2. The number of carbonyl (C=O) groups excluding carboxylic acids is 3. The average molecular weight is 665 g/mol. The lowest BCUT2D eigenvalue weighted by molar-refractivity contribution is -0.137. The summed E-state index contributed by atoms with van der Waals surface area (Å²) in [6.07, 6.45) is -4.70. The maximum atomic E-state index is 13.9. The number of hydrogen-bond acceptors (Lipinski definition) is 6. The summed E-state index contributed by atoms with van der Waals surface area (Å²) in [5.41, 5.74) is -0.496. The molecule has 3 amide bonds. The highest BCUT2D eigenvalue weighted by molar-refractivity contribution is 8.00. The number of benzene rings is 3. The minimum atomic E-state index is -4.70. The summed E-state index contributed by atoms with van der Waals surface area (Å²) in [6.45, 7) is -0.600. The summed E-state index contributed by atoms with van der Waals surface area (Å²) in [7, 11) is 0. The standard InChI is InChI=1S/C29H18Cl2F3N3O4S2/c30-15-7-5-14(6-8-15)21-22-23(26(40)37(25(22)39)17-11-9-16(31)10-12-17)42-27-24(21)43-28(41)36(27)13-20(38)35-19-4-2-1-3-18(19)29(32,33)34/h1-12,21-23H,13H2,(H,35,38)/t21-,22-,23+/m0/s1. The van der Waals surface area contributed by atoms with E-state index in [9.17, 15) is 32.3 Å². The number of hydrogen-bond donors (Lipinski definition) is 1. The molecule has 1 N–H and O–H groups in total. The number of carbonyl (C=O) groups is 3. The molecule has 0 bridgehead atoms. The number of thiazole rings is 1. The Morgan fingerprint density at radius 1 is 0.884 bits per heavy atom. The average Bonchev–Trinajstić information content (AvgIpc) is 3.40. The molecular weight excluding hydrogens is 646 g/mol. The zero-order valence-corrected chi connectivity index (χ0v) is 24.7. The van der Waals surface area contributed by atoms with Gasteiger partial charge in [-0.15, -0.1) is 0 Å². The third-order valence-electron chi connectivity index (χ3n) is 7.17. The highest BCUT2D eigenvalue weighted by Gasteiger charge is 2.56. The molecule has 1 saturated heterocycles. The SMILES string of the molecule is O=C(Cn1c2c(sc1=O)[C@@H](c1ccc(Cl)cc1)[C@@H]1C(=O)N(c3ccc(Cl)cc3)C(=O)[C@@H]1S2)Nc1ccccc1C(F)(F)F. The van der Waals surface area contributed by atoms with Gasteiger partial charge in [-0.2, -0.15) is 13.2 Å². The van der Waals surface area contributed by atoms with Gasteiger partial charge in [0.2, 0.25) is 17.7 Å². The van der Waals surface area contributed by atoms with Crippen molar-refractivity contribution in [3.8, 4) is 0 Å². The van der Waals surface area contributed by atoms with E-state index in [-0.39, 0.29) is 0 Å². The van der Waals surface area contributed by atoms with Gasteiger partial charge in [-0.3, -0.25) is 23.7 Å². The Morgan fingerprint density at radius 3 is 2.16 bits per heavy atom. The molecule has 43 heavy (non-hydrogen) atoms. The lowest BCUT2D eigenvalue weighted by Gasteiger charge is -2.30. The number of nitrogens with one attached hydrogen (secondary N) is 1. The second-order valence-electron chi connectivity index (χ2n) is 9.80. The quantitative estimate of drug-likeness (QED) is 0.241. The molecule has 3 heterocycles. The van der Waals surface area contributed by atoms with Crippen molar-refractivity contribution in [2.75, 3.05) is 10.2 Å². The fraction of sp³-hybridized carbons (Fsp3) is 0.172. The molecule has 0 aliphatic carbocycles. The van der Waals surface area contributed by atoms with E-state index < -0.39 is 63.7 Å². The molecule has 0 radical (unpaired) electrons. The van der Waals surface area contributed by atoms with Crippen molar-refractivity contribution in [2.24, 2.45) is 5.92 Å². The van der Waals surface area contributed by atoms with E-state index in [2.05, 4.69) is 5.32 Å². The molecule has 3 atom stereocenters. The van der Waals surface area contributed by atoms with Crippen molar-refractivity contribution in [3.05, 3.63) is 109 Å². The zero-order valence-electron chi connectivity index (χ0n) is 21.6. The van der Waals surface area contributed by atoms with Gasteiger partial charge in [-0.1, -0.05) is 70.6 Å². The van der Waals surface area contributed by atoms with Gasteiger partial charge >= 0.3 is 11.0 Å². The summed E-state index contributed by atoms with van der Waals surface area (Å²) < 4.78 is 41.6. The smallest absolute Gasteiger partial charge is 0.324 e. The van der Waals surface area contributed by atoms with Crippen LogP contribution in [0.1, 0.15) is 21.9 Å². The summed E-state index contributed by atoms with van der Waals surface area (Å²) in [5, 5.41) is 2.49. The van der Waals surface area contributed by atoms with Crippen LogP contribution >= 0.6 is 46.3 Å². The normalized spacial score (nSPS) is 19.7. The first-order chi connectivity index (χ1) is 20.4. The first kappa shape index (κ1) is 29.5. The molecule has 0 unspecified atom stereocenters.